The number of benzene rings is 1. The molecule has 1 saturated heterocycles. The molecule has 2 aliphatic rings. The molecule has 0 bridgehead atoms. The molecule has 4 aromatic rings. The van der Waals surface area contributed by atoms with Gasteiger partial charge >= 0.3 is 12.4 Å². The molecule has 3 aromatic heterocycles. The molecule has 10 nitrogen and oxygen atoms in total. The van der Waals surface area contributed by atoms with Crippen LogP contribution in [-0.2, 0) is 28.5 Å². The molecular formula is C25H20F6N8O2. The number of likely N-dealkylation sites (tertiary alicyclic amines) is 1. The molecule has 3 atom stereocenters. The van der Waals surface area contributed by atoms with E-state index in [0.717, 1.165) is 24.7 Å². The number of nitrogens with one attached hydrogen (secondary N) is 1. The summed E-state index contributed by atoms with van der Waals surface area (Å²) in [4.78, 5) is 43.2. The van der Waals surface area contributed by atoms with Crippen molar-refractivity contribution < 1.29 is 35.9 Å². The molecule has 1 unspecified atom stereocenters. The average molecular weight is 578 g/mol. The van der Waals surface area contributed by atoms with Gasteiger partial charge in [0, 0.05) is 11.4 Å². The number of carbonyl (C=O) groups is 2. The monoisotopic (exact) mass is 578 g/mol. The van der Waals surface area contributed by atoms with Gasteiger partial charge in [-0.2, -0.15) is 26.3 Å². The molecule has 1 aliphatic carbocycles. The van der Waals surface area contributed by atoms with Crippen molar-refractivity contribution in [2.75, 3.05) is 11.1 Å². The number of hydrogen-bond donors (Lipinski definition) is 2. The van der Waals surface area contributed by atoms with Crippen LogP contribution in [-0.4, -0.2) is 53.3 Å². The molecule has 1 aromatic carbocycles. The number of nitrogens with zero attached hydrogens (tertiary/aromatic N) is 6. The van der Waals surface area contributed by atoms with Gasteiger partial charge in [-0.05, 0) is 43.4 Å². The number of nitrogens with two attached hydrogens (primary N) is 1. The highest BCUT2D eigenvalue weighted by Gasteiger charge is 2.56. The van der Waals surface area contributed by atoms with Crippen molar-refractivity contribution in [3.8, 4) is 0 Å². The van der Waals surface area contributed by atoms with Crippen LogP contribution in [0, 0.1) is 12.8 Å². The minimum absolute atomic E-state index is 0.0366. The third-order valence-corrected chi connectivity index (χ3v) is 7.44. The molecule has 0 radical (unpaired) electrons. The van der Waals surface area contributed by atoms with E-state index >= 15 is 0 Å². The van der Waals surface area contributed by atoms with Gasteiger partial charge in [0.2, 0.25) is 11.8 Å². The van der Waals surface area contributed by atoms with Crippen molar-refractivity contribution in [3.05, 3.63) is 47.7 Å². The fourth-order valence-corrected chi connectivity index (χ4v) is 5.64. The predicted octanol–water partition coefficient (Wildman–Crippen LogP) is 3.93. The number of halogens is 6. The Morgan fingerprint density at radius 1 is 1.07 bits per heavy atom. The molecule has 0 spiro atoms. The van der Waals surface area contributed by atoms with Gasteiger partial charge in [0.25, 0.3) is 0 Å². The Bertz CT molecular complexity index is 1730. The average Bonchev–Trinajstić information content (AvgIpc) is 3.42. The van der Waals surface area contributed by atoms with E-state index in [9.17, 15) is 35.9 Å². The summed E-state index contributed by atoms with van der Waals surface area (Å²) in [5.41, 5.74) is 4.52. The Balaban J connectivity index is 1.34. The number of aromatic nitrogens is 5. The fraction of sp³-hybridized carbons (Fsp3) is 0.360. The van der Waals surface area contributed by atoms with Crippen LogP contribution < -0.4 is 11.1 Å². The summed E-state index contributed by atoms with van der Waals surface area (Å²) in [6.07, 6.45) is -5.82. The van der Waals surface area contributed by atoms with Gasteiger partial charge in [0.05, 0.1) is 28.9 Å². The molecule has 16 heteroatoms. The van der Waals surface area contributed by atoms with E-state index in [1.165, 1.54) is 16.4 Å². The molecule has 3 N–H and O–H groups in total. The SMILES string of the molecule is Cc1cc(C(F)(F)F)cc2c3c(N)ncnc3n(CC(=O)N3[C@@H]4CC4C[C@H]3C(=O)Nc3cncc(C(F)(F)F)n3)c12. The van der Waals surface area contributed by atoms with E-state index in [-0.39, 0.29) is 46.3 Å². The Morgan fingerprint density at radius 2 is 1.83 bits per heavy atom. The highest BCUT2D eigenvalue weighted by atomic mass is 19.4. The van der Waals surface area contributed by atoms with E-state index < -0.39 is 47.3 Å². The second-order valence-electron chi connectivity index (χ2n) is 10.1. The summed E-state index contributed by atoms with van der Waals surface area (Å²) >= 11 is 0. The lowest BCUT2D eigenvalue weighted by molar-refractivity contribution is -0.141. The first kappa shape index (κ1) is 26.7. The number of rotatable bonds is 4. The zero-order chi connectivity index (χ0) is 29.4. The van der Waals surface area contributed by atoms with Gasteiger partial charge in [-0.15, -0.1) is 0 Å². The standard InChI is InChI=1S/C25H20F6N8O2/c1-10-2-12(24(26,27)28)5-13-19-21(32)34-9-35-22(19)38(20(10)13)8-18(40)39-14-3-11(14)4-15(39)23(41)37-17-7-33-6-16(36-17)25(29,30)31/h2,5-7,9,11,14-15H,3-4,8H2,1H3,(H2,32,34,35)(H,36,37,41)/t11?,14-,15+/m1/s1. The van der Waals surface area contributed by atoms with Crippen molar-refractivity contribution in [1.29, 1.82) is 0 Å². The van der Waals surface area contributed by atoms with Crippen molar-refractivity contribution >= 4 is 45.4 Å². The number of hydrogen-bond acceptors (Lipinski definition) is 7. The first-order valence-corrected chi connectivity index (χ1v) is 12.4. The maximum absolute atomic E-state index is 13.7. The van der Waals surface area contributed by atoms with Crippen LogP contribution in [0.3, 0.4) is 0 Å². The van der Waals surface area contributed by atoms with Gasteiger partial charge in [-0.25, -0.2) is 15.0 Å². The molecule has 2 amide bonds. The number of carbonyl (C=O) groups excluding carboxylic acids is 2. The number of fused-ring (bicyclic) bond motifs is 4. The van der Waals surface area contributed by atoms with Crippen LogP contribution in [0.4, 0.5) is 38.0 Å². The Morgan fingerprint density at radius 3 is 2.54 bits per heavy atom. The number of alkyl halides is 6. The Kier molecular flexibility index (Phi) is 5.87. The van der Waals surface area contributed by atoms with E-state index in [0.29, 0.717) is 24.6 Å². The molecule has 1 aliphatic heterocycles. The maximum atomic E-state index is 13.7. The number of anilines is 2. The van der Waals surface area contributed by atoms with Gasteiger partial charge in [0.1, 0.15) is 30.4 Å². The summed E-state index contributed by atoms with van der Waals surface area (Å²) in [7, 11) is 0. The van der Waals surface area contributed by atoms with Gasteiger partial charge in [0.15, 0.2) is 11.5 Å². The van der Waals surface area contributed by atoms with Crippen molar-refractivity contribution in [1.82, 2.24) is 29.4 Å². The largest absolute Gasteiger partial charge is 0.434 e. The summed E-state index contributed by atoms with van der Waals surface area (Å²) in [5, 5.41) is 2.61. The van der Waals surface area contributed by atoms with Crippen LogP contribution in [0.15, 0.2) is 30.9 Å². The highest BCUT2D eigenvalue weighted by molar-refractivity contribution is 6.13. The number of amides is 2. The smallest absolute Gasteiger partial charge is 0.383 e. The quantitative estimate of drug-likeness (QED) is 0.351. The third kappa shape index (κ3) is 4.56. The normalized spacial score (nSPS) is 20.5. The van der Waals surface area contributed by atoms with Crippen LogP contribution in [0.2, 0.25) is 0 Å². The Hall–Kier alpha value is -4.50. The van der Waals surface area contributed by atoms with Gasteiger partial charge in [-0.1, -0.05) is 0 Å². The van der Waals surface area contributed by atoms with Crippen molar-refractivity contribution in [3.63, 3.8) is 0 Å². The lowest BCUT2D eigenvalue weighted by atomic mass is 10.1. The van der Waals surface area contributed by atoms with Gasteiger partial charge in [-0.3, -0.25) is 14.6 Å². The van der Waals surface area contributed by atoms with Gasteiger partial charge < -0.3 is 20.5 Å². The Labute approximate surface area is 226 Å². The molecule has 4 heterocycles. The predicted molar refractivity (Wildman–Crippen MR) is 132 cm³/mol. The summed E-state index contributed by atoms with van der Waals surface area (Å²) < 4.78 is 81.3. The third-order valence-electron chi connectivity index (χ3n) is 7.44. The molecule has 214 valence electrons. The minimum atomic E-state index is -4.76. The summed E-state index contributed by atoms with van der Waals surface area (Å²) in [5.74, 6) is -1.68. The lowest BCUT2D eigenvalue weighted by Gasteiger charge is -2.27. The van der Waals surface area contributed by atoms with E-state index in [1.54, 1.807) is 0 Å². The lowest BCUT2D eigenvalue weighted by Crippen LogP contribution is -2.46. The second-order valence-corrected chi connectivity index (χ2v) is 10.1. The minimum Gasteiger partial charge on any atom is -0.383 e. The van der Waals surface area contributed by atoms with E-state index in [2.05, 4.69) is 25.3 Å². The molecule has 1 saturated carbocycles. The molecule has 2 fully saturated rings. The van der Waals surface area contributed by atoms with E-state index in [4.69, 9.17) is 5.73 Å². The summed E-state index contributed by atoms with van der Waals surface area (Å²) in [6.45, 7) is 1.10. The topological polar surface area (TPSA) is 132 Å². The first-order valence-electron chi connectivity index (χ1n) is 12.4. The van der Waals surface area contributed by atoms with Crippen molar-refractivity contribution in [2.24, 2.45) is 5.92 Å². The molecule has 6 rings (SSSR count). The second kappa shape index (κ2) is 9.01. The van der Waals surface area contributed by atoms with Crippen LogP contribution >= 0.6 is 0 Å². The number of aryl methyl sites for hydroxylation is 1. The molecular weight excluding hydrogens is 558 g/mol. The van der Waals surface area contributed by atoms with Crippen LogP contribution in [0.5, 0.6) is 0 Å². The van der Waals surface area contributed by atoms with Crippen LogP contribution in [0.25, 0.3) is 21.9 Å². The van der Waals surface area contributed by atoms with E-state index in [1.807, 2.05) is 0 Å². The number of nitrogen functional groups attached to an aromatic ring is 1. The molecule has 41 heavy (non-hydrogen) atoms. The fourth-order valence-electron chi connectivity index (χ4n) is 5.64. The zero-order valence-electron chi connectivity index (χ0n) is 21.1. The zero-order valence-corrected chi connectivity index (χ0v) is 21.1. The first-order chi connectivity index (χ1) is 19.2. The highest BCUT2D eigenvalue weighted by Crippen LogP contribution is 2.48. The number of piperidine rings is 1. The van der Waals surface area contributed by atoms with Crippen molar-refractivity contribution in [2.45, 2.75) is 50.7 Å². The maximum Gasteiger partial charge on any atom is 0.434 e. The summed E-state index contributed by atoms with van der Waals surface area (Å²) in [6, 6.07) is 0.653. The van der Waals surface area contributed by atoms with Crippen LogP contribution in [0.1, 0.15) is 29.7 Å².